The van der Waals surface area contributed by atoms with Crippen LogP contribution in [0.5, 0.6) is 11.6 Å². The number of aromatic nitrogens is 3. The smallest absolute Gasteiger partial charge is 0.390 e. The first-order valence-electron chi connectivity index (χ1n) is 13.2. The number of hydrogen-bond acceptors (Lipinski definition) is 8. The summed E-state index contributed by atoms with van der Waals surface area (Å²) in [6.07, 6.45) is -1.05. The Morgan fingerprint density at radius 1 is 1.07 bits per heavy atom. The van der Waals surface area contributed by atoms with Gasteiger partial charge in [-0.1, -0.05) is 12.1 Å². The summed E-state index contributed by atoms with van der Waals surface area (Å²) in [5.74, 6) is -1.28. The van der Waals surface area contributed by atoms with Crippen LogP contribution in [0.15, 0.2) is 54.9 Å². The molecule has 1 aliphatic rings. The summed E-state index contributed by atoms with van der Waals surface area (Å²) in [7, 11) is -4.51. The topological polar surface area (TPSA) is 118 Å². The Balaban J connectivity index is 0.00000423. The number of halogens is 5. The molecule has 1 aliphatic heterocycles. The molecule has 1 atom stereocenters. The summed E-state index contributed by atoms with van der Waals surface area (Å²) in [5.41, 5.74) is 1.26. The number of hydrogen-bond donors (Lipinski definition) is 3. The molecule has 1 saturated heterocycles. The zero-order valence-corrected chi connectivity index (χ0v) is 24.5. The maximum atomic E-state index is 14.8. The molecule has 43 heavy (non-hydrogen) atoms. The lowest BCUT2D eigenvalue weighted by molar-refractivity contribution is -0.129. The molecule has 1 fully saturated rings. The summed E-state index contributed by atoms with van der Waals surface area (Å²) in [4.78, 5) is 13.4. The van der Waals surface area contributed by atoms with E-state index in [1.165, 1.54) is 18.3 Å². The van der Waals surface area contributed by atoms with Gasteiger partial charge >= 0.3 is 6.18 Å². The Hall–Kier alpha value is -3.75. The van der Waals surface area contributed by atoms with Gasteiger partial charge in [-0.15, -0.1) is 12.4 Å². The van der Waals surface area contributed by atoms with E-state index in [1.807, 2.05) is 4.72 Å². The van der Waals surface area contributed by atoms with E-state index in [0.29, 0.717) is 28.2 Å². The van der Waals surface area contributed by atoms with Gasteiger partial charge in [0.2, 0.25) is 21.9 Å². The van der Waals surface area contributed by atoms with Crippen molar-refractivity contribution >= 4 is 44.8 Å². The van der Waals surface area contributed by atoms with E-state index in [4.69, 9.17) is 4.74 Å². The van der Waals surface area contributed by atoms with Crippen LogP contribution in [0.25, 0.3) is 22.0 Å². The van der Waals surface area contributed by atoms with Gasteiger partial charge in [0.25, 0.3) is 0 Å². The maximum Gasteiger partial charge on any atom is 0.390 e. The van der Waals surface area contributed by atoms with Gasteiger partial charge in [0.15, 0.2) is 0 Å². The van der Waals surface area contributed by atoms with Gasteiger partial charge in [-0.05, 0) is 62.2 Å². The fourth-order valence-electron chi connectivity index (χ4n) is 4.66. The van der Waals surface area contributed by atoms with Crippen molar-refractivity contribution in [2.24, 2.45) is 0 Å². The van der Waals surface area contributed by atoms with Gasteiger partial charge in [-0.2, -0.15) is 13.2 Å². The molecule has 2 aromatic heterocycles. The minimum Gasteiger partial charge on any atom is -0.437 e. The predicted octanol–water partition coefficient (Wildman–Crippen LogP) is 6.21. The molecule has 0 aliphatic carbocycles. The molecule has 15 heteroatoms. The van der Waals surface area contributed by atoms with Gasteiger partial charge in [-0.3, -0.25) is 4.72 Å². The van der Waals surface area contributed by atoms with Crippen LogP contribution in [-0.4, -0.2) is 54.4 Å². The van der Waals surface area contributed by atoms with Gasteiger partial charge in [0.1, 0.15) is 11.6 Å². The second-order valence-electron chi connectivity index (χ2n) is 9.93. The van der Waals surface area contributed by atoms with E-state index >= 15 is 0 Å². The number of aryl methyl sites for hydroxylation is 1. The third-order valence-corrected chi connectivity index (χ3v) is 8.00. The van der Waals surface area contributed by atoms with E-state index in [-0.39, 0.29) is 35.5 Å². The van der Waals surface area contributed by atoms with E-state index in [1.54, 1.807) is 37.4 Å². The van der Waals surface area contributed by atoms with Crippen LogP contribution in [0.1, 0.15) is 24.8 Å². The van der Waals surface area contributed by atoms with E-state index in [9.17, 15) is 26.0 Å². The molecule has 2 aromatic carbocycles. The molecule has 9 nitrogen and oxygen atoms in total. The second-order valence-corrected chi connectivity index (χ2v) is 11.8. The summed E-state index contributed by atoms with van der Waals surface area (Å²) in [6.45, 7) is 3.52. The Kier molecular flexibility index (Phi) is 9.93. The van der Waals surface area contributed by atoms with Crippen LogP contribution in [0.3, 0.4) is 0 Å². The largest absolute Gasteiger partial charge is 0.437 e. The molecule has 0 spiro atoms. The molecule has 230 valence electrons. The first-order valence-corrected chi connectivity index (χ1v) is 14.9. The Morgan fingerprint density at radius 3 is 2.60 bits per heavy atom. The summed E-state index contributed by atoms with van der Waals surface area (Å²) < 4.78 is 85.8. The second kappa shape index (κ2) is 13.3. The highest BCUT2D eigenvalue weighted by Crippen LogP contribution is 2.40. The first kappa shape index (κ1) is 32.2. The minimum absolute atomic E-state index is 0. The first-order chi connectivity index (χ1) is 20.0. The average molecular weight is 641 g/mol. The number of rotatable bonds is 9. The number of ether oxygens (including phenoxy) is 1. The van der Waals surface area contributed by atoms with Gasteiger partial charge in [0, 0.05) is 35.8 Å². The lowest BCUT2D eigenvalue weighted by Gasteiger charge is -2.23. The SMILES string of the molecule is Cc1ccc2c(NS(=O)(=O)CCC(F)(F)F)c(F)ccc2c1Oc1ncccc1-c1ccnc(NC2CCCNC2)n1.Cl. The molecular formula is C28H29ClF4N6O3S. The van der Waals surface area contributed by atoms with Crippen molar-refractivity contribution in [3.63, 3.8) is 0 Å². The molecule has 0 radical (unpaired) electrons. The van der Waals surface area contributed by atoms with Crippen molar-refractivity contribution < 1.29 is 30.7 Å². The van der Waals surface area contributed by atoms with Crippen molar-refractivity contribution in [1.29, 1.82) is 0 Å². The molecule has 3 N–H and O–H groups in total. The number of fused-ring (bicyclic) bond motifs is 1. The van der Waals surface area contributed by atoms with Gasteiger partial charge < -0.3 is 15.4 Å². The van der Waals surface area contributed by atoms with Crippen LogP contribution < -0.4 is 20.1 Å². The molecule has 5 rings (SSSR count). The van der Waals surface area contributed by atoms with Crippen molar-refractivity contribution in [2.45, 2.75) is 38.4 Å². The quantitative estimate of drug-likeness (QED) is 0.185. The molecular weight excluding hydrogens is 612 g/mol. The fraction of sp³-hybridized carbons (Fsp3) is 0.321. The predicted molar refractivity (Wildman–Crippen MR) is 159 cm³/mol. The number of sulfonamides is 1. The van der Waals surface area contributed by atoms with Crippen LogP contribution >= 0.6 is 12.4 Å². The van der Waals surface area contributed by atoms with E-state index in [2.05, 4.69) is 25.6 Å². The Bertz CT molecular complexity index is 1700. The number of nitrogens with zero attached hydrogens (tertiary/aromatic N) is 3. The van der Waals surface area contributed by atoms with Crippen molar-refractivity contribution in [2.75, 3.05) is 28.9 Å². The third-order valence-electron chi connectivity index (χ3n) is 6.74. The van der Waals surface area contributed by atoms with Crippen LogP contribution in [0, 0.1) is 12.7 Å². The molecule has 0 amide bonds. The third kappa shape index (κ3) is 8.00. The number of pyridine rings is 1. The standard InChI is InChI=1S/C28H28F4N6O3S.ClH/c1-17-6-7-19-20(8-9-22(29)24(19)38-42(39,40)15-11-28(30,31)32)25(17)41-26-21(5-3-13-34-26)23-10-14-35-27(37-23)36-18-4-2-12-33-16-18;/h3,5-10,13-14,18,33,38H,2,4,11-12,15-16H2,1H3,(H,35,36,37);1H. The lowest BCUT2D eigenvalue weighted by atomic mass is 10.0. The number of piperidine rings is 1. The number of nitrogens with one attached hydrogen (secondary N) is 3. The normalized spacial score (nSPS) is 15.5. The zero-order valence-electron chi connectivity index (χ0n) is 22.9. The van der Waals surface area contributed by atoms with Crippen LogP contribution in [0.2, 0.25) is 0 Å². The van der Waals surface area contributed by atoms with E-state index in [0.717, 1.165) is 32.0 Å². The highest BCUT2D eigenvalue weighted by molar-refractivity contribution is 7.92. The van der Waals surface area contributed by atoms with Crippen molar-refractivity contribution in [1.82, 2.24) is 20.3 Å². The molecule has 3 heterocycles. The fourth-order valence-corrected chi connectivity index (χ4v) is 5.78. The molecule has 1 unspecified atom stereocenters. The van der Waals surface area contributed by atoms with Crippen LogP contribution in [0.4, 0.5) is 29.2 Å². The lowest BCUT2D eigenvalue weighted by Crippen LogP contribution is -2.38. The molecule has 0 bridgehead atoms. The summed E-state index contributed by atoms with van der Waals surface area (Å²) in [6, 6.07) is 10.9. The monoisotopic (exact) mass is 640 g/mol. The van der Waals surface area contributed by atoms with Gasteiger partial charge in [-0.25, -0.2) is 27.8 Å². The highest BCUT2D eigenvalue weighted by atomic mass is 35.5. The average Bonchev–Trinajstić information content (AvgIpc) is 2.95. The minimum atomic E-state index is -4.68. The maximum absolute atomic E-state index is 14.8. The van der Waals surface area contributed by atoms with E-state index < -0.39 is 39.9 Å². The van der Waals surface area contributed by atoms with Gasteiger partial charge in [0.05, 0.1) is 29.1 Å². The molecule has 0 saturated carbocycles. The van der Waals surface area contributed by atoms with Crippen molar-refractivity contribution in [3.8, 4) is 22.9 Å². The van der Waals surface area contributed by atoms with Crippen molar-refractivity contribution in [3.05, 3.63) is 66.2 Å². The molecule has 4 aromatic rings. The van der Waals surface area contributed by atoms with Crippen LogP contribution in [-0.2, 0) is 10.0 Å². The zero-order chi connectivity index (χ0) is 29.9. The number of anilines is 2. The Labute approximate surface area is 252 Å². The Morgan fingerprint density at radius 2 is 1.86 bits per heavy atom. The highest BCUT2D eigenvalue weighted by Gasteiger charge is 2.30. The number of alkyl halides is 3. The number of benzene rings is 2. The summed E-state index contributed by atoms with van der Waals surface area (Å²) in [5, 5.41) is 7.12. The summed E-state index contributed by atoms with van der Waals surface area (Å²) >= 11 is 0.